The van der Waals surface area contributed by atoms with Gasteiger partial charge in [0.2, 0.25) is 0 Å². The summed E-state index contributed by atoms with van der Waals surface area (Å²) >= 11 is 0. The number of hydrogen-bond donors (Lipinski definition) is 3. The molecular formula is C18H21FN2O3. The quantitative estimate of drug-likeness (QED) is 0.729. The van der Waals surface area contributed by atoms with Crippen LogP contribution >= 0.6 is 0 Å². The van der Waals surface area contributed by atoms with Crippen molar-refractivity contribution >= 4 is 6.03 Å². The summed E-state index contributed by atoms with van der Waals surface area (Å²) in [7, 11) is 1.60. The first-order valence-electron chi connectivity index (χ1n) is 7.68. The molecule has 1 unspecified atom stereocenters. The maximum atomic E-state index is 13.5. The summed E-state index contributed by atoms with van der Waals surface area (Å²) in [5, 5.41) is 15.1. The van der Waals surface area contributed by atoms with Gasteiger partial charge in [-0.2, -0.15) is 0 Å². The Morgan fingerprint density at radius 1 is 1.17 bits per heavy atom. The third kappa shape index (κ3) is 4.96. The van der Waals surface area contributed by atoms with Gasteiger partial charge in [0.15, 0.2) is 0 Å². The fourth-order valence-electron chi connectivity index (χ4n) is 2.33. The van der Waals surface area contributed by atoms with Gasteiger partial charge in [0.1, 0.15) is 11.6 Å². The molecule has 3 N–H and O–H groups in total. The molecule has 0 saturated heterocycles. The Kier molecular flexibility index (Phi) is 6.57. The number of urea groups is 1. The number of aliphatic hydroxyl groups is 1. The molecule has 0 bridgehead atoms. The first-order valence-corrected chi connectivity index (χ1v) is 7.68. The number of hydrogen-bond acceptors (Lipinski definition) is 3. The zero-order valence-electron chi connectivity index (χ0n) is 13.5. The normalized spacial score (nSPS) is 11.6. The average Bonchev–Trinajstić information content (AvgIpc) is 2.60. The highest BCUT2D eigenvalue weighted by molar-refractivity contribution is 5.73. The van der Waals surface area contributed by atoms with E-state index in [9.17, 15) is 14.3 Å². The second kappa shape index (κ2) is 8.88. The highest BCUT2D eigenvalue weighted by atomic mass is 19.1. The Bertz CT molecular complexity index is 679. The van der Waals surface area contributed by atoms with Crippen molar-refractivity contribution in [1.29, 1.82) is 0 Å². The van der Waals surface area contributed by atoms with Crippen LogP contribution in [0, 0.1) is 5.82 Å². The molecule has 0 aromatic heterocycles. The maximum absolute atomic E-state index is 13.5. The van der Waals surface area contributed by atoms with Crippen LogP contribution in [-0.4, -0.2) is 31.3 Å². The third-order valence-corrected chi connectivity index (χ3v) is 3.59. The van der Waals surface area contributed by atoms with Crippen LogP contribution in [0.2, 0.25) is 0 Å². The number of amides is 2. The molecule has 2 rings (SSSR count). The van der Waals surface area contributed by atoms with E-state index in [0.29, 0.717) is 13.0 Å². The highest BCUT2D eigenvalue weighted by Gasteiger charge is 2.13. The van der Waals surface area contributed by atoms with Crippen molar-refractivity contribution < 1.29 is 19.0 Å². The number of benzene rings is 2. The van der Waals surface area contributed by atoms with Crippen molar-refractivity contribution in [3.8, 4) is 5.75 Å². The first-order chi connectivity index (χ1) is 11.6. The van der Waals surface area contributed by atoms with E-state index in [4.69, 9.17) is 4.74 Å². The molecule has 5 nitrogen and oxygen atoms in total. The average molecular weight is 332 g/mol. The van der Waals surface area contributed by atoms with Gasteiger partial charge in [-0.25, -0.2) is 9.18 Å². The van der Waals surface area contributed by atoms with Gasteiger partial charge >= 0.3 is 6.03 Å². The molecule has 0 spiro atoms. The molecule has 0 fully saturated rings. The van der Waals surface area contributed by atoms with E-state index in [0.717, 1.165) is 11.3 Å². The minimum Gasteiger partial charge on any atom is -0.496 e. The van der Waals surface area contributed by atoms with Crippen molar-refractivity contribution in [2.75, 3.05) is 20.2 Å². The fraction of sp³-hybridized carbons (Fsp3) is 0.278. The Morgan fingerprint density at radius 2 is 1.88 bits per heavy atom. The van der Waals surface area contributed by atoms with Gasteiger partial charge in [0, 0.05) is 18.7 Å². The number of para-hydroxylation sites is 1. The van der Waals surface area contributed by atoms with Crippen molar-refractivity contribution in [3.63, 3.8) is 0 Å². The number of ether oxygens (including phenoxy) is 1. The van der Waals surface area contributed by atoms with Crippen molar-refractivity contribution in [1.82, 2.24) is 10.6 Å². The predicted octanol–water partition coefficient (Wildman–Crippen LogP) is 2.41. The van der Waals surface area contributed by atoms with Gasteiger partial charge in [-0.05, 0) is 24.1 Å². The number of nitrogens with one attached hydrogen (secondary N) is 2. The molecule has 0 aliphatic carbocycles. The Morgan fingerprint density at radius 3 is 2.62 bits per heavy atom. The summed E-state index contributed by atoms with van der Waals surface area (Å²) < 4.78 is 18.8. The predicted molar refractivity (Wildman–Crippen MR) is 89.5 cm³/mol. The summed E-state index contributed by atoms with van der Waals surface area (Å²) in [5.41, 5.74) is 1.15. The van der Waals surface area contributed by atoms with Crippen molar-refractivity contribution in [2.45, 2.75) is 12.5 Å². The molecular weight excluding hydrogens is 311 g/mol. The Balaban J connectivity index is 1.75. The second-order valence-corrected chi connectivity index (χ2v) is 5.24. The van der Waals surface area contributed by atoms with Gasteiger partial charge < -0.3 is 20.5 Å². The fourth-order valence-corrected chi connectivity index (χ4v) is 2.33. The van der Waals surface area contributed by atoms with Crippen LogP contribution < -0.4 is 15.4 Å². The lowest BCUT2D eigenvalue weighted by molar-refractivity contribution is 0.169. The standard InChI is InChI=1S/C18H21FN2O3/c1-24-17-9-5-2-6-13(17)10-11-20-18(23)21-12-16(22)14-7-3-4-8-15(14)19/h2-9,16,22H,10-12H2,1H3,(H2,20,21,23). The monoisotopic (exact) mass is 332 g/mol. The molecule has 0 saturated carbocycles. The summed E-state index contributed by atoms with van der Waals surface area (Å²) in [4.78, 5) is 11.8. The molecule has 2 aromatic carbocycles. The highest BCUT2D eigenvalue weighted by Crippen LogP contribution is 2.17. The summed E-state index contributed by atoms with van der Waals surface area (Å²) in [6.45, 7) is 0.351. The van der Waals surface area contributed by atoms with Crippen LogP contribution in [0.3, 0.4) is 0 Å². The molecule has 0 radical (unpaired) electrons. The molecule has 24 heavy (non-hydrogen) atoms. The van der Waals surface area contributed by atoms with Gasteiger partial charge in [-0.3, -0.25) is 0 Å². The Labute approximate surface area is 140 Å². The first kappa shape index (κ1) is 17.7. The van der Waals surface area contributed by atoms with Gasteiger partial charge in [-0.1, -0.05) is 36.4 Å². The molecule has 0 aliphatic rings. The molecule has 6 heteroatoms. The third-order valence-electron chi connectivity index (χ3n) is 3.59. The second-order valence-electron chi connectivity index (χ2n) is 5.24. The number of aliphatic hydroxyl groups excluding tert-OH is 1. The van der Waals surface area contributed by atoms with E-state index < -0.39 is 18.0 Å². The van der Waals surface area contributed by atoms with Crippen LogP contribution in [0.15, 0.2) is 48.5 Å². The van der Waals surface area contributed by atoms with Crippen molar-refractivity contribution in [2.24, 2.45) is 0 Å². The van der Waals surface area contributed by atoms with Gasteiger partial charge in [-0.15, -0.1) is 0 Å². The van der Waals surface area contributed by atoms with E-state index in [1.807, 2.05) is 24.3 Å². The zero-order valence-corrected chi connectivity index (χ0v) is 13.5. The molecule has 0 aliphatic heterocycles. The largest absolute Gasteiger partial charge is 0.496 e. The minimum atomic E-state index is -1.09. The number of rotatable bonds is 7. The maximum Gasteiger partial charge on any atom is 0.314 e. The van der Waals surface area contributed by atoms with E-state index in [2.05, 4.69) is 10.6 Å². The van der Waals surface area contributed by atoms with E-state index in [-0.39, 0.29) is 12.1 Å². The van der Waals surface area contributed by atoms with Gasteiger partial charge in [0.25, 0.3) is 0 Å². The van der Waals surface area contributed by atoms with Crippen LogP contribution in [0.4, 0.5) is 9.18 Å². The summed E-state index contributed by atoms with van der Waals surface area (Å²) in [6.07, 6.45) is -0.473. The van der Waals surface area contributed by atoms with Gasteiger partial charge in [0.05, 0.1) is 13.2 Å². The van der Waals surface area contributed by atoms with Crippen LogP contribution in [0.1, 0.15) is 17.2 Å². The van der Waals surface area contributed by atoms with Crippen LogP contribution in [0.5, 0.6) is 5.75 Å². The molecule has 128 valence electrons. The number of carbonyl (C=O) groups excluding carboxylic acids is 1. The SMILES string of the molecule is COc1ccccc1CCNC(=O)NCC(O)c1ccccc1F. The number of methoxy groups -OCH3 is 1. The van der Waals surface area contributed by atoms with Crippen LogP contribution in [0.25, 0.3) is 0 Å². The number of carbonyl (C=O) groups is 1. The number of halogens is 1. The van der Waals surface area contributed by atoms with Crippen LogP contribution in [-0.2, 0) is 6.42 Å². The van der Waals surface area contributed by atoms with E-state index >= 15 is 0 Å². The summed E-state index contributed by atoms with van der Waals surface area (Å²) in [6, 6.07) is 13.1. The lowest BCUT2D eigenvalue weighted by Crippen LogP contribution is -2.38. The Hall–Kier alpha value is -2.60. The van der Waals surface area contributed by atoms with E-state index in [1.165, 1.54) is 12.1 Å². The smallest absolute Gasteiger partial charge is 0.314 e. The molecule has 1 atom stereocenters. The lowest BCUT2D eigenvalue weighted by Gasteiger charge is -2.14. The van der Waals surface area contributed by atoms with E-state index in [1.54, 1.807) is 19.2 Å². The topological polar surface area (TPSA) is 70.6 Å². The van der Waals surface area contributed by atoms with Crippen molar-refractivity contribution in [3.05, 3.63) is 65.5 Å². The molecule has 0 heterocycles. The minimum absolute atomic E-state index is 0.0680. The molecule has 2 aromatic rings. The zero-order chi connectivity index (χ0) is 17.4. The molecule has 2 amide bonds. The lowest BCUT2D eigenvalue weighted by atomic mass is 10.1. The summed E-state index contributed by atoms with van der Waals surface area (Å²) in [5.74, 6) is 0.276.